The van der Waals surface area contributed by atoms with Gasteiger partial charge in [-0.15, -0.1) is 0 Å². The standard InChI is InChI=1S/C21H26N4O4/c1-14-5-2-3-11-21(14)19(28)25(20(29)23-21)13-17(26)22-15-7-9-16(10-8-15)24-12-4-6-18(24)27/h7-10,14H,2-6,11-13H2,1H3,(H,22,26)(H,23,29). The van der Waals surface area contributed by atoms with E-state index in [0.29, 0.717) is 25.1 Å². The fourth-order valence-corrected chi connectivity index (χ4v) is 4.63. The van der Waals surface area contributed by atoms with E-state index >= 15 is 0 Å². The van der Waals surface area contributed by atoms with Crippen LogP contribution in [0.1, 0.15) is 45.4 Å². The number of nitrogens with one attached hydrogen (secondary N) is 2. The van der Waals surface area contributed by atoms with Crippen molar-refractivity contribution >= 4 is 35.1 Å². The van der Waals surface area contributed by atoms with Gasteiger partial charge in [-0.2, -0.15) is 0 Å². The van der Waals surface area contributed by atoms with Crippen molar-refractivity contribution in [2.24, 2.45) is 5.92 Å². The number of nitrogens with zero attached hydrogens (tertiary/aromatic N) is 2. The number of anilines is 2. The lowest BCUT2D eigenvalue weighted by molar-refractivity contribution is -0.136. The lowest BCUT2D eigenvalue weighted by Gasteiger charge is -2.36. The van der Waals surface area contributed by atoms with Gasteiger partial charge in [0.15, 0.2) is 0 Å². The van der Waals surface area contributed by atoms with Crippen LogP contribution in [0.4, 0.5) is 16.2 Å². The fraction of sp³-hybridized carbons (Fsp3) is 0.524. The molecule has 0 bridgehead atoms. The summed E-state index contributed by atoms with van der Waals surface area (Å²) in [6.45, 7) is 2.37. The number of carbonyl (C=O) groups is 4. The van der Waals surface area contributed by atoms with Crippen LogP contribution in [-0.4, -0.2) is 47.3 Å². The summed E-state index contributed by atoms with van der Waals surface area (Å²) in [5, 5.41) is 5.58. The predicted molar refractivity (Wildman–Crippen MR) is 107 cm³/mol. The fourth-order valence-electron chi connectivity index (χ4n) is 4.63. The molecule has 0 aromatic heterocycles. The van der Waals surface area contributed by atoms with Gasteiger partial charge in [0.05, 0.1) is 0 Å². The van der Waals surface area contributed by atoms with E-state index in [9.17, 15) is 19.2 Å². The predicted octanol–water partition coefficient (Wildman–Crippen LogP) is 2.25. The third kappa shape index (κ3) is 3.47. The molecule has 1 aliphatic carbocycles. The second kappa shape index (κ2) is 7.50. The molecule has 0 radical (unpaired) electrons. The van der Waals surface area contributed by atoms with E-state index < -0.39 is 17.5 Å². The molecule has 2 unspecified atom stereocenters. The largest absolute Gasteiger partial charge is 0.325 e. The van der Waals surface area contributed by atoms with Crippen LogP contribution >= 0.6 is 0 Å². The highest BCUT2D eigenvalue weighted by atomic mass is 16.2. The van der Waals surface area contributed by atoms with Gasteiger partial charge in [0.1, 0.15) is 12.1 Å². The van der Waals surface area contributed by atoms with Gasteiger partial charge in [0.2, 0.25) is 11.8 Å². The molecule has 2 N–H and O–H groups in total. The van der Waals surface area contributed by atoms with Gasteiger partial charge in [-0.05, 0) is 49.4 Å². The topological polar surface area (TPSA) is 98.8 Å². The van der Waals surface area contributed by atoms with E-state index in [2.05, 4.69) is 10.6 Å². The molecule has 154 valence electrons. The lowest BCUT2D eigenvalue weighted by atomic mass is 9.73. The average Bonchev–Trinajstić information content (AvgIpc) is 3.22. The number of imide groups is 1. The second-order valence-corrected chi connectivity index (χ2v) is 8.18. The van der Waals surface area contributed by atoms with Crippen molar-refractivity contribution in [3.63, 3.8) is 0 Å². The third-order valence-corrected chi connectivity index (χ3v) is 6.34. The Bertz CT molecular complexity index is 853. The van der Waals surface area contributed by atoms with Crippen LogP contribution in [0.25, 0.3) is 0 Å². The maximum Gasteiger partial charge on any atom is 0.325 e. The van der Waals surface area contributed by atoms with Gasteiger partial charge >= 0.3 is 6.03 Å². The Balaban J connectivity index is 1.39. The first-order chi connectivity index (χ1) is 13.9. The minimum atomic E-state index is -0.862. The summed E-state index contributed by atoms with van der Waals surface area (Å²) < 4.78 is 0. The molecule has 2 heterocycles. The molecule has 5 amide bonds. The van der Waals surface area contributed by atoms with Crippen molar-refractivity contribution in [2.75, 3.05) is 23.3 Å². The highest BCUT2D eigenvalue weighted by Crippen LogP contribution is 2.38. The molecule has 8 heteroatoms. The van der Waals surface area contributed by atoms with E-state index in [0.717, 1.165) is 36.3 Å². The normalized spacial score (nSPS) is 26.9. The number of carbonyl (C=O) groups excluding carboxylic acids is 4. The first kappa shape index (κ1) is 19.4. The monoisotopic (exact) mass is 398 g/mol. The molecule has 4 rings (SSSR count). The Morgan fingerprint density at radius 2 is 1.93 bits per heavy atom. The Morgan fingerprint density at radius 3 is 2.59 bits per heavy atom. The lowest BCUT2D eigenvalue weighted by Crippen LogP contribution is -2.54. The van der Waals surface area contributed by atoms with E-state index in [4.69, 9.17) is 0 Å². The van der Waals surface area contributed by atoms with Gasteiger partial charge in [-0.1, -0.05) is 19.8 Å². The summed E-state index contributed by atoms with van der Waals surface area (Å²) >= 11 is 0. The van der Waals surface area contributed by atoms with E-state index in [1.165, 1.54) is 0 Å². The number of hydrogen-bond acceptors (Lipinski definition) is 4. The molecule has 2 atom stereocenters. The maximum atomic E-state index is 12.9. The van der Waals surface area contributed by atoms with Crippen LogP contribution in [0.5, 0.6) is 0 Å². The summed E-state index contributed by atoms with van der Waals surface area (Å²) in [5.41, 5.74) is 0.491. The summed E-state index contributed by atoms with van der Waals surface area (Å²) in [7, 11) is 0. The van der Waals surface area contributed by atoms with Gasteiger partial charge in [0, 0.05) is 24.3 Å². The molecule has 1 saturated carbocycles. The summed E-state index contributed by atoms with van der Waals surface area (Å²) in [5.74, 6) is -0.570. The summed E-state index contributed by atoms with van der Waals surface area (Å²) in [4.78, 5) is 52.4. The molecule has 8 nitrogen and oxygen atoms in total. The number of urea groups is 1. The first-order valence-corrected chi connectivity index (χ1v) is 10.2. The van der Waals surface area contributed by atoms with Crippen LogP contribution < -0.4 is 15.5 Å². The number of hydrogen-bond donors (Lipinski definition) is 2. The molecule has 29 heavy (non-hydrogen) atoms. The molecule has 2 aliphatic heterocycles. The quantitative estimate of drug-likeness (QED) is 0.760. The van der Waals surface area contributed by atoms with E-state index in [1.54, 1.807) is 29.2 Å². The number of rotatable bonds is 4. The van der Waals surface area contributed by atoms with Gasteiger partial charge in [-0.3, -0.25) is 19.3 Å². The van der Waals surface area contributed by atoms with E-state index in [-0.39, 0.29) is 24.3 Å². The Morgan fingerprint density at radius 1 is 1.17 bits per heavy atom. The van der Waals surface area contributed by atoms with Crippen LogP contribution in [0.3, 0.4) is 0 Å². The second-order valence-electron chi connectivity index (χ2n) is 8.18. The van der Waals surface area contributed by atoms with Crippen LogP contribution in [0.15, 0.2) is 24.3 Å². The van der Waals surface area contributed by atoms with Crippen LogP contribution in [-0.2, 0) is 14.4 Å². The van der Waals surface area contributed by atoms with Crippen LogP contribution in [0.2, 0.25) is 0 Å². The molecule has 1 spiro atoms. The molecular weight excluding hydrogens is 372 g/mol. The van der Waals surface area contributed by atoms with Crippen LogP contribution in [0, 0.1) is 5.92 Å². The van der Waals surface area contributed by atoms with Crippen molar-refractivity contribution in [1.82, 2.24) is 10.2 Å². The Kier molecular flexibility index (Phi) is 5.02. The third-order valence-electron chi connectivity index (χ3n) is 6.34. The highest BCUT2D eigenvalue weighted by molar-refractivity contribution is 6.10. The molecule has 3 aliphatic rings. The van der Waals surface area contributed by atoms with Gasteiger partial charge in [0.25, 0.3) is 5.91 Å². The zero-order chi connectivity index (χ0) is 20.6. The molecule has 1 aromatic rings. The van der Waals surface area contributed by atoms with Crippen molar-refractivity contribution < 1.29 is 19.2 Å². The zero-order valence-corrected chi connectivity index (χ0v) is 16.6. The SMILES string of the molecule is CC1CCCCC12NC(=O)N(CC(=O)Nc1ccc(N3CCCC3=O)cc1)C2=O. The van der Waals surface area contributed by atoms with Crippen molar-refractivity contribution in [3.8, 4) is 0 Å². The van der Waals surface area contributed by atoms with Crippen molar-refractivity contribution in [3.05, 3.63) is 24.3 Å². The molecule has 3 fully saturated rings. The number of amides is 5. The zero-order valence-electron chi connectivity index (χ0n) is 16.6. The van der Waals surface area contributed by atoms with Gasteiger partial charge < -0.3 is 15.5 Å². The minimum Gasteiger partial charge on any atom is -0.325 e. The average molecular weight is 398 g/mol. The van der Waals surface area contributed by atoms with Crippen molar-refractivity contribution in [1.29, 1.82) is 0 Å². The first-order valence-electron chi connectivity index (χ1n) is 10.2. The Hall–Kier alpha value is -2.90. The summed E-state index contributed by atoms with van der Waals surface area (Å²) in [6.07, 6.45) is 4.85. The summed E-state index contributed by atoms with van der Waals surface area (Å²) in [6, 6.07) is 6.50. The van der Waals surface area contributed by atoms with Crippen molar-refractivity contribution in [2.45, 2.75) is 51.0 Å². The smallest absolute Gasteiger partial charge is 0.325 e. The maximum absolute atomic E-state index is 12.9. The Labute approximate surface area is 169 Å². The minimum absolute atomic E-state index is 0.0570. The number of benzene rings is 1. The van der Waals surface area contributed by atoms with Gasteiger partial charge in [-0.25, -0.2) is 4.79 Å². The molecule has 2 saturated heterocycles. The van der Waals surface area contributed by atoms with E-state index in [1.807, 2.05) is 6.92 Å². The molecule has 1 aromatic carbocycles. The molecular formula is C21H26N4O4. The highest BCUT2D eigenvalue weighted by Gasteiger charge is 2.55.